The molecule has 0 bridgehead atoms. The third-order valence-electron chi connectivity index (χ3n) is 2.37. The molecule has 4 nitrogen and oxygen atoms in total. The summed E-state index contributed by atoms with van der Waals surface area (Å²) in [7, 11) is -3.67. The Morgan fingerprint density at radius 2 is 2.05 bits per heavy atom. The molecule has 0 spiro atoms. The molecule has 0 saturated carbocycles. The third kappa shape index (κ3) is 3.22. The van der Waals surface area contributed by atoms with Gasteiger partial charge in [0.1, 0.15) is 4.90 Å². The van der Waals surface area contributed by atoms with E-state index in [2.05, 4.69) is 20.7 Å². The number of anilines is 2. The maximum Gasteiger partial charge on any atom is 0.263 e. The number of benzene rings is 1. The fourth-order valence-corrected chi connectivity index (χ4v) is 5.23. The van der Waals surface area contributed by atoms with Crippen LogP contribution in [0, 0.1) is 6.92 Å². The first-order valence-electron chi connectivity index (χ1n) is 5.13. The van der Waals surface area contributed by atoms with Crippen molar-refractivity contribution in [3.63, 3.8) is 0 Å². The Morgan fingerprint density at radius 1 is 1.37 bits per heavy atom. The van der Waals surface area contributed by atoms with Crippen molar-refractivity contribution < 1.29 is 8.42 Å². The van der Waals surface area contributed by atoms with E-state index in [0.717, 1.165) is 3.79 Å². The zero-order valence-electron chi connectivity index (χ0n) is 9.78. The maximum absolute atomic E-state index is 12.3. The molecule has 0 saturated heterocycles. The third-order valence-corrected chi connectivity index (χ3v) is 5.87. The molecule has 0 atom stereocenters. The first-order chi connectivity index (χ1) is 8.79. The minimum absolute atomic E-state index is 0.225. The summed E-state index contributed by atoms with van der Waals surface area (Å²) in [6.07, 6.45) is 0. The van der Waals surface area contributed by atoms with Gasteiger partial charge in [-0.15, -0.1) is 11.3 Å². The van der Waals surface area contributed by atoms with Crippen LogP contribution >= 0.6 is 38.9 Å². The number of hydrogen-bond donors (Lipinski definition) is 2. The lowest BCUT2D eigenvalue weighted by atomic mass is 10.3. The molecule has 0 aliphatic rings. The van der Waals surface area contributed by atoms with Crippen molar-refractivity contribution in [1.29, 1.82) is 0 Å². The van der Waals surface area contributed by atoms with Gasteiger partial charge in [-0.25, -0.2) is 8.42 Å². The summed E-state index contributed by atoms with van der Waals surface area (Å²) in [5.74, 6) is 0. The smallest absolute Gasteiger partial charge is 0.263 e. The Morgan fingerprint density at radius 3 is 2.63 bits per heavy atom. The molecule has 2 aromatic rings. The molecule has 0 aliphatic heterocycles. The standard InChI is InChI=1S/C11H10BrClN2O2S2/c1-6-10(5-11(12)18-6)19(16,17)15-9-4-7(14)2-3-8(9)13/h2-5,15H,14H2,1H3. The number of nitrogens with one attached hydrogen (secondary N) is 1. The van der Waals surface area contributed by atoms with E-state index >= 15 is 0 Å². The summed E-state index contributed by atoms with van der Waals surface area (Å²) < 4.78 is 27.7. The van der Waals surface area contributed by atoms with Crippen LogP contribution in [0.5, 0.6) is 0 Å². The van der Waals surface area contributed by atoms with Gasteiger partial charge in [-0.3, -0.25) is 4.72 Å². The van der Waals surface area contributed by atoms with E-state index in [1.54, 1.807) is 25.1 Å². The van der Waals surface area contributed by atoms with Crippen LogP contribution in [-0.4, -0.2) is 8.42 Å². The highest BCUT2D eigenvalue weighted by atomic mass is 79.9. The molecule has 0 unspecified atom stereocenters. The second kappa shape index (κ2) is 5.32. The van der Waals surface area contributed by atoms with Crippen LogP contribution in [0.15, 0.2) is 32.9 Å². The molecule has 19 heavy (non-hydrogen) atoms. The normalized spacial score (nSPS) is 11.5. The van der Waals surface area contributed by atoms with Crippen molar-refractivity contribution in [2.75, 3.05) is 10.5 Å². The number of halogens is 2. The van der Waals surface area contributed by atoms with E-state index < -0.39 is 10.0 Å². The van der Waals surface area contributed by atoms with E-state index in [-0.39, 0.29) is 10.6 Å². The van der Waals surface area contributed by atoms with E-state index in [0.29, 0.717) is 15.6 Å². The van der Waals surface area contributed by atoms with E-state index in [1.165, 1.54) is 17.4 Å². The Balaban J connectivity index is 2.42. The zero-order chi connectivity index (χ0) is 14.2. The molecule has 3 N–H and O–H groups in total. The number of thiophene rings is 1. The largest absolute Gasteiger partial charge is 0.399 e. The van der Waals surface area contributed by atoms with Crippen LogP contribution in [0.2, 0.25) is 5.02 Å². The number of hydrogen-bond acceptors (Lipinski definition) is 4. The number of nitrogens with two attached hydrogens (primary N) is 1. The van der Waals surface area contributed by atoms with E-state index in [1.807, 2.05) is 0 Å². The number of sulfonamides is 1. The number of nitrogen functional groups attached to an aromatic ring is 1. The van der Waals surface area contributed by atoms with Crippen LogP contribution in [0.1, 0.15) is 4.88 Å². The molecule has 0 fully saturated rings. The Hall–Kier alpha value is -0.760. The predicted molar refractivity (Wildman–Crippen MR) is 83.4 cm³/mol. The van der Waals surface area contributed by atoms with E-state index in [4.69, 9.17) is 17.3 Å². The first kappa shape index (κ1) is 14.6. The SMILES string of the molecule is Cc1sc(Br)cc1S(=O)(=O)Nc1cc(N)ccc1Cl. The lowest BCUT2D eigenvalue weighted by Crippen LogP contribution is -2.13. The van der Waals surface area contributed by atoms with Crippen molar-refractivity contribution in [2.45, 2.75) is 11.8 Å². The van der Waals surface area contributed by atoms with Crippen LogP contribution in [0.4, 0.5) is 11.4 Å². The zero-order valence-corrected chi connectivity index (χ0v) is 13.8. The molecular weight excluding hydrogens is 372 g/mol. The summed E-state index contributed by atoms with van der Waals surface area (Å²) >= 11 is 10.6. The molecule has 0 radical (unpaired) electrons. The van der Waals surface area contributed by atoms with Gasteiger partial charge in [-0.2, -0.15) is 0 Å². The average molecular weight is 382 g/mol. The topological polar surface area (TPSA) is 72.2 Å². The van der Waals surface area contributed by atoms with Crippen LogP contribution in [-0.2, 0) is 10.0 Å². The van der Waals surface area contributed by atoms with Gasteiger partial charge < -0.3 is 5.73 Å². The van der Waals surface area contributed by atoms with Gasteiger partial charge >= 0.3 is 0 Å². The molecule has 0 aliphatic carbocycles. The molecule has 1 aromatic heterocycles. The molecular formula is C11H10BrClN2O2S2. The number of aryl methyl sites for hydroxylation is 1. The average Bonchev–Trinajstić information content (AvgIpc) is 2.63. The highest BCUT2D eigenvalue weighted by Gasteiger charge is 2.20. The van der Waals surface area contributed by atoms with Gasteiger partial charge in [0.25, 0.3) is 10.0 Å². The monoisotopic (exact) mass is 380 g/mol. The second-order valence-corrected chi connectivity index (χ2v) is 8.51. The van der Waals surface area contributed by atoms with Crippen molar-refractivity contribution in [3.05, 3.63) is 38.0 Å². The fourth-order valence-electron chi connectivity index (χ4n) is 1.52. The van der Waals surface area contributed by atoms with Gasteiger partial charge in [0, 0.05) is 10.6 Å². The molecule has 1 heterocycles. The Kier molecular flexibility index (Phi) is 4.10. The molecule has 2 rings (SSSR count). The predicted octanol–water partition coefficient (Wildman–Crippen LogP) is 3.86. The van der Waals surface area contributed by atoms with E-state index in [9.17, 15) is 8.42 Å². The van der Waals surface area contributed by atoms with Crippen LogP contribution < -0.4 is 10.5 Å². The van der Waals surface area contributed by atoms with Crippen molar-refractivity contribution in [3.8, 4) is 0 Å². The van der Waals surface area contributed by atoms with Gasteiger partial charge in [0.15, 0.2) is 0 Å². The summed E-state index contributed by atoms with van der Waals surface area (Å²) in [4.78, 5) is 0.919. The van der Waals surface area contributed by atoms with Gasteiger partial charge in [0.05, 0.1) is 14.5 Å². The van der Waals surface area contributed by atoms with Gasteiger partial charge in [-0.1, -0.05) is 11.6 Å². The quantitative estimate of drug-likeness (QED) is 0.793. The summed E-state index contributed by atoms with van der Waals surface area (Å²) in [6, 6.07) is 6.19. The first-order valence-corrected chi connectivity index (χ1v) is 8.60. The minimum atomic E-state index is -3.67. The van der Waals surface area contributed by atoms with Gasteiger partial charge in [-0.05, 0) is 47.1 Å². The molecule has 102 valence electrons. The lowest BCUT2D eigenvalue weighted by Gasteiger charge is -2.09. The highest BCUT2D eigenvalue weighted by molar-refractivity contribution is 9.11. The minimum Gasteiger partial charge on any atom is -0.399 e. The lowest BCUT2D eigenvalue weighted by molar-refractivity contribution is 0.601. The van der Waals surface area contributed by atoms with Crippen LogP contribution in [0.25, 0.3) is 0 Å². The van der Waals surface area contributed by atoms with Crippen molar-refractivity contribution in [1.82, 2.24) is 0 Å². The number of rotatable bonds is 3. The second-order valence-electron chi connectivity index (χ2n) is 3.82. The molecule has 1 aromatic carbocycles. The Labute approximate surface area is 128 Å². The van der Waals surface area contributed by atoms with Crippen molar-refractivity contribution in [2.24, 2.45) is 0 Å². The summed E-state index contributed by atoms with van der Waals surface area (Å²) in [5.41, 5.74) is 6.32. The van der Waals surface area contributed by atoms with Crippen molar-refractivity contribution >= 4 is 60.3 Å². The molecule has 0 amide bonds. The summed E-state index contributed by atoms with van der Waals surface area (Å²) in [5, 5.41) is 0.296. The fraction of sp³-hybridized carbons (Fsp3) is 0.0909. The summed E-state index contributed by atoms with van der Waals surface area (Å²) in [6.45, 7) is 1.74. The highest BCUT2D eigenvalue weighted by Crippen LogP contribution is 2.32. The van der Waals surface area contributed by atoms with Gasteiger partial charge in [0.2, 0.25) is 0 Å². The maximum atomic E-state index is 12.3. The Bertz CT molecular complexity index is 728. The molecule has 8 heteroatoms. The van der Waals surface area contributed by atoms with Crippen LogP contribution in [0.3, 0.4) is 0 Å².